The number of carbonyl (C=O) groups excluding carboxylic acids is 1. The normalized spacial score (nSPS) is 15.5. The molecule has 1 heterocycles. The highest BCUT2D eigenvalue weighted by Gasteiger charge is 2.18. The highest BCUT2D eigenvalue weighted by molar-refractivity contribution is 5.97. The lowest BCUT2D eigenvalue weighted by molar-refractivity contribution is -0.118. The van der Waals surface area contributed by atoms with Gasteiger partial charge in [0.2, 0.25) is 0 Å². The number of nitrogens with two attached hydrogens (primary N) is 1. The summed E-state index contributed by atoms with van der Waals surface area (Å²) in [6.07, 6.45) is 0. The van der Waals surface area contributed by atoms with Gasteiger partial charge in [-0.2, -0.15) is 0 Å². The van der Waals surface area contributed by atoms with Crippen molar-refractivity contribution in [3.05, 3.63) is 12.1 Å². The number of nitrogen functional groups attached to an aromatic ring is 1. The maximum absolute atomic E-state index is 11.3. The molecule has 0 saturated carbocycles. The fraction of sp³-hybridized carbons (Fsp3) is 0.462. The zero-order valence-electron chi connectivity index (χ0n) is 11.5. The van der Waals surface area contributed by atoms with Gasteiger partial charge in [-0.1, -0.05) is 0 Å². The lowest BCUT2D eigenvalue weighted by Gasteiger charge is -2.23. The van der Waals surface area contributed by atoms with E-state index in [0.717, 1.165) is 12.2 Å². The Labute approximate surface area is 112 Å². The predicted octanol–water partition coefficient (Wildman–Crippen LogP) is 0.962. The van der Waals surface area contributed by atoms with E-state index in [-0.39, 0.29) is 12.5 Å². The molecule has 104 valence electrons. The van der Waals surface area contributed by atoms with Gasteiger partial charge in [0, 0.05) is 18.7 Å². The molecule has 6 heteroatoms. The Hall–Kier alpha value is -1.95. The summed E-state index contributed by atoms with van der Waals surface area (Å²) in [6.45, 7) is 2.92. The number of rotatable bonds is 4. The Balaban J connectivity index is 2.13. The molecule has 0 spiro atoms. The Morgan fingerprint density at radius 1 is 1.53 bits per heavy atom. The summed E-state index contributed by atoms with van der Waals surface area (Å²) in [7, 11) is 4.05. The van der Waals surface area contributed by atoms with Gasteiger partial charge < -0.3 is 26.0 Å². The number of fused-ring (bicyclic) bond motifs is 1. The third-order valence-electron chi connectivity index (χ3n) is 3.25. The minimum absolute atomic E-state index is 0.0386. The quantitative estimate of drug-likeness (QED) is 0.706. The molecule has 0 saturated heterocycles. The molecule has 1 aliphatic rings. The van der Waals surface area contributed by atoms with Crippen LogP contribution in [0.15, 0.2) is 12.1 Å². The molecular formula is C13H20N4O2. The van der Waals surface area contributed by atoms with Gasteiger partial charge in [0.15, 0.2) is 6.61 Å². The smallest absolute Gasteiger partial charge is 0.262 e. The van der Waals surface area contributed by atoms with Crippen molar-refractivity contribution < 1.29 is 9.53 Å². The molecule has 0 bridgehead atoms. The summed E-state index contributed by atoms with van der Waals surface area (Å²) in [6, 6.07) is 3.92. The van der Waals surface area contributed by atoms with E-state index in [1.165, 1.54) is 0 Å². The van der Waals surface area contributed by atoms with Crippen LogP contribution in [0.4, 0.5) is 17.1 Å². The molecule has 0 aromatic heterocycles. The highest BCUT2D eigenvalue weighted by Crippen LogP contribution is 2.35. The summed E-state index contributed by atoms with van der Waals surface area (Å²) >= 11 is 0. The Morgan fingerprint density at radius 3 is 2.95 bits per heavy atom. The summed E-state index contributed by atoms with van der Waals surface area (Å²) in [5, 5.41) is 6.05. The van der Waals surface area contributed by atoms with Crippen LogP contribution < -0.4 is 21.1 Å². The third kappa shape index (κ3) is 3.08. The second-order valence-corrected chi connectivity index (χ2v) is 4.97. The molecule has 1 amide bonds. The molecule has 1 unspecified atom stereocenters. The molecule has 1 aliphatic heterocycles. The molecule has 4 N–H and O–H groups in total. The van der Waals surface area contributed by atoms with E-state index in [1.54, 1.807) is 6.07 Å². The number of anilines is 3. The van der Waals surface area contributed by atoms with Crippen LogP contribution in [0.25, 0.3) is 0 Å². The van der Waals surface area contributed by atoms with Crippen LogP contribution in [0.3, 0.4) is 0 Å². The minimum Gasteiger partial charge on any atom is -0.482 e. The number of amides is 1. The predicted molar refractivity (Wildman–Crippen MR) is 76.6 cm³/mol. The molecule has 19 heavy (non-hydrogen) atoms. The standard InChI is InChI=1S/C13H20N4O2/c1-8(17(2)3)6-15-10-5-11-12(4-9(10)14)19-7-13(18)16-11/h4-5,8,15H,6-7,14H2,1-3H3,(H,16,18). The van der Waals surface area contributed by atoms with E-state index in [2.05, 4.69) is 22.5 Å². The maximum Gasteiger partial charge on any atom is 0.262 e. The van der Waals surface area contributed by atoms with Crippen molar-refractivity contribution in [3.8, 4) is 5.75 Å². The number of benzene rings is 1. The van der Waals surface area contributed by atoms with Crippen LogP contribution in [0.1, 0.15) is 6.92 Å². The Kier molecular flexibility index (Phi) is 3.80. The monoisotopic (exact) mass is 264 g/mol. The largest absolute Gasteiger partial charge is 0.482 e. The minimum atomic E-state index is -0.148. The zero-order valence-corrected chi connectivity index (χ0v) is 11.5. The molecule has 0 aliphatic carbocycles. The zero-order chi connectivity index (χ0) is 14.0. The number of likely N-dealkylation sites (N-methyl/N-ethyl adjacent to an activating group) is 1. The van der Waals surface area contributed by atoms with Gasteiger partial charge in [-0.15, -0.1) is 0 Å². The van der Waals surface area contributed by atoms with Crippen LogP contribution in [0.2, 0.25) is 0 Å². The van der Waals surface area contributed by atoms with Crippen molar-refractivity contribution in [1.82, 2.24) is 4.90 Å². The van der Waals surface area contributed by atoms with Crippen molar-refractivity contribution in [3.63, 3.8) is 0 Å². The number of nitrogens with one attached hydrogen (secondary N) is 2. The van der Waals surface area contributed by atoms with Gasteiger partial charge >= 0.3 is 0 Å². The third-order valence-corrected chi connectivity index (χ3v) is 3.25. The number of hydrogen-bond acceptors (Lipinski definition) is 5. The number of carbonyl (C=O) groups is 1. The SMILES string of the molecule is CC(CNc1cc2c(cc1N)OCC(=O)N2)N(C)C. The molecule has 1 atom stereocenters. The fourth-order valence-electron chi connectivity index (χ4n) is 1.74. The van der Waals surface area contributed by atoms with Crippen molar-refractivity contribution in [2.45, 2.75) is 13.0 Å². The Morgan fingerprint density at radius 2 is 2.26 bits per heavy atom. The van der Waals surface area contributed by atoms with Crippen LogP contribution in [0, 0.1) is 0 Å². The van der Waals surface area contributed by atoms with Gasteiger partial charge in [-0.25, -0.2) is 0 Å². The number of hydrogen-bond donors (Lipinski definition) is 3. The van der Waals surface area contributed by atoms with Crippen LogP contribution in [-0.4, -0.2) is 44.1 Å². The van der Waals surface area contributed by atoms with Gasteiger partial charge in [0.1, 0.15) is 5.75 Å². The molecule has 0 radical (unpaired) electrons. The second kappa shape index (κ2) is 5.36. The van der Waals surface area contributed by atoms with Gasteiger partial charge in [-0.05, 0) is 27.1 Å². The number of ether oxygens (including phenoxy) is 1. The van der Waals surface area contributed by atoms with E-state index < -0.39 is 0 Å². The lowest BCUT2D eigenvalue weighted by atomic mass is 10.2. The lowest BCUT2D eigenvalue weighted by Crippen LogP contribution is -2.31. The van der Waals surface area contributed by atoms with Crippen LogP contribution in [0.5, 0.6) is 5.75 Å². The first-order valence-corrected chi connectivity index (χ1v) is 6.24. The van der Waals surface area contributed by atoms with Crippen LogP contribution >= 0.6 is 0 Å². The first-order chi connectivity index (χ1) is 8.97. The molecule has 1 aromatic carbocycles. The molecule has 2 rings (SSSR count). The fourth-order valence-corrected chi connectivity index (χ4v) is 1.74. The molecule has 6 nitrogen and oxygen atoms in total. The van der Waals surface area contributed by atoms with Gasteiger partial charge in [0.05, 0.1) is 17.1 Å². The van der Waals surface area contributed by atoms with Crippen LogP contribution in [-0.2, 0) is 4.79 Å². The van der Waals surface area contributed by atoms with Crippen molar-refractivity contribution in [2.75, 3.05) is 43.6 Å². The topological polar surface area (TPSA) is 79.6 Å². The number of nitrogens with zero attached hydrogens (tertiary/aromatic N) is 1. The second-order valence-electron chi connectivity index (χ2n) is 4.97. The van der Waals surface area contributed by atoms with Crippen molar-refractivity contribution >= 4 is 23.0 Å². The van der Waals surface area contributed by atoms with Gasteiger partial charge in [0.25, 0.3) is 5.91 Å². The summed E-state index contributed by atoms with van der Waals surface area (Å²) in [5.74, 6) is 0.466. The average molecular weight is 264 g/mol. The molecular weight excluding hydrogens is 244 g/mol. The van der Waals surface area contributed by atoms with E-state index >= 15 is 0 Å². The highest BCUT2D eigenvalue weighted by atomic mass is 16.5. The maximum atomic E-state index is 11.3. The summed E-state index contributed by atoms with van der Waals surface area (Å²) < 4.78 is 5.31. The van der Waals surface area contributed by atoms with Crippen molar-refractivity contribution in [1.29, 1.82) is 0 Å². The molecule has 1 aromatic rings. The summed E-state index contributed by atoms with van der Waals surface area (Å²) in [4.78, 5) is 13.4. The van der Waals surface area contributed by atoms with E-state index in [4.69, 9.17) is 10.5 Å². The van der Waals surface area contributed by atoms with E-state index in [9.17, 15) is 4.79 Å². The van der Waals surface area contributed by atoms with Gasteiger partial charge in [-0.3, -0.25) is 4.79 Å². The summed E-state index contributed by atoms with van der Waals surface area (Å²) in [5.41, 5.74) is 8.05. The average Bonchev–Trinajstić information content (AvgIpc) is 2.36. The van der Waals surface area contributed by atoms with E-state index in [1.807, 2.05) is 20.2 Å². The van der Waals surface area contributed by atoms with Crippen molar-refractivity contribution in [2.24, 2.45) is 0 Å². The Bertz CT molecular complexity index is 488. The first-order valence-electron chi connectivity index (χ1n) is 6.24. The molecule has 0 fully saturated rings. The van der Waals surface area contributed by atoms with E-state index in [0.29, 0.717) is 23.2 Å². The first kappa shape index (κ1) is 13.5.